The van der Waals surface area contributed by atoms with E-state index in [1.165, 1.54) is 27.8 Å². The summed E-state index contributed by atoms with van der Waals surface area (Å²) in [7, 11) is 1.73. The van der Waals surface area contributed by atoms with E-state index < -0.39 is 0 Å². The van der Waals surface area contributed by atoms with Gasteiger partial charge in [0.2, 0.25) is 0 Å². The molecule has 30 heavy (non-hydrogen) atoms. The van der Waals surface area contributed by atoms with Crippen molar-refractivity contribution < 1.29 is 14.6 Å². The molecule has 2 heterocycles. The Morgan fingerprint density at radius 2 is 1.80 bits per heavy atom. The molecule has 0 unspecified atom stereocenters. The van der Waals surface area contributed by atoms with E-state index in [-0.39, 0.29) is 6.10 Å². The monoisotopic (exact) mass is 410 g/mol. The number of aryl methyl sites for hydroxylation is 2. The fourth-order valence-electron chi connectivity index (χ4n) is 4.55. The summed E-state index contributed by atoms with van der Waals surface area (Å²) < 4.78 is 11.5. The summed E-state index contributed by atoms with van der Waals surface area (Å²) in [5, 5.41) is 9.74. The van der Waals surface area contributed by atoms with E-state index in [1.807, 2.05) is 0 Å². The van der Waals surface area contributed by atoms with Crippen LogP contribution in [0.3, 0.4) is 0 Å². The number of methoxy groups -OCH3 is 1. The average molecular weight is 411 g/mol. The number of hydrogen-bond donors (Lipinski definition) is 1. The van der Waals surface area contributed by atoms with E-state index >= 15 is 0 Å². The zero-order valence-electron chi connectivity index (χ0n) is 18.5. The molecule has 0 atom stereocenters. The molecule has 0 amide bonds. The van der Waals surface area contributed by atoms with E-state index in [0.717, 1.165) is 63.6 Å². The molecule has 4 rings (SSSR count). The van der Waals surface area contributed by atoms with Crippen LogP contribution in [-0.4, -0.2) is 54.4 Å². The number of aliphatic hydroxyl groups excluding tert-OH is 1. The van der Waals surface area contributed by atoms with Crippen LogP contribution in [0.25, 0.3) is 0 Å². The van der Waals surface area contributed by atoms with Crippen LogP contribution in [-0.2, 0) is 19.6 Å². The van der Waals surface area contributed by atoms with Crippen LogP contribution in [0.4, 0.5) is 0 Å². The molecule has 1 N–H and O–H groups in total. The van der Waals surface area contributed by atoms with Crippen molar-refractivity contribution in [2.24, 2.45) is 0 Å². The largest absolute Gasteiger partial charge is 0.496 e. The van der Waals surface area contributed by atoms with Gasteiger partial charge in [-0.25, -0.2) is 0 Å². The molecule has 5 nitrogen and oxygen atoms in total. The number of benzene rings is 2. The van der Waals surface area contributed by atoms with Gasteiger partial charge in [0.1, 0.15) is 18.1 Å². The predicted molar refractivity (Wildman–Crippen MR) is 119 cm³/mol. The molecule has 2 aliphatic heterocycles. The zero-order chi connectivity index (χ0) is 21.1. The Hall–Kier alpha value is -2.08. The summed E-state index contributed by atoms with van der Waals surface area (Å²) in [4.78, 5) is 4.91. The minimum atomic E-state index is -0.125. The third-order valence-corrected chi connectivity index (χ3v) is 6.39. The van der Waals surface area contributed by atoms with E-state index in [4.69, 9.17) is 9.47 Å². The second kappa shape index (κ2) is 9.38. The van der Waals surface area contributed by atoms with Crippen molar-refractivity contribution in [2.75, 3.05) is 33.4 Å². The third-order valence-electron chi connectivity index (χ3n) is 6.39. The molecular weight excluding hydrogens is 376 g/mol. The standard InChI is InChI=1S/C25H34N2O3/c1-18-13-25(29-3)19(2)12-21(18)16-27-10-11-30-24-5-4-20(14-22(24)17-27)15-26-8-6-23(28)7-9-26/h4-5,12-14,23,28H,6-11,15-17H2,1-3H3. The van der Waals surface area contributed by atoms with Crippen LogP contribution in [0.2, 0.25) is 0 Å². The summed E-state index contributed by atoms with van der Waals surface area (Å²) in [5.41, 5.74) is 6.39. The van der Waals surface area contributed by atoms with E-state index in [9.17, 15) is 5.11 Å². The fourth-order valence-corrected chi connectivity index (χ4v) is 4.55. The SMILES string of the molecule is COc1cc(C)c(CN2CCOc3ccc(CN4CCC(O)CC4)cc3C2)cc1C. The van der Waals surface area contributed by atoms with Crippen LogP contribution in [0, 0.1) is 13.8 Å². The van der Waals surface area contributed by atoms with Crippen molar-refractivity contribution in [3.63, 3.8) is 0 Å². The Labute approximate surface area is 180 Å². The van der Waals surface area contributed by atoms with E-state index in [0.29, 0.717) is 6.61 Å². The summed E-state index contributed by atoms with van der Waals surface area (Å²) in [6.07, 6.45) is 1.63. The quantitative estimate of drug-likeness (QED) is 0.815. The number of ether oxygens (including phenoxy) is 2. The second-order valence-corrected chi connectivity index (χ2v) is 8.76. The number of likely N-dealkylation sites (tertiary alicyclic amines) is 1. The van der Waals surface area contributed by atoms with Gasteiger partial charge < -0.3 is 14.6 Å². The van der Waals surface area contributed by atoms with Crippen molar-refractivity contribution in [3.05, 3.63) is 58.1 Å². The Bertz CT molecular complexity index is 875. The molecule has 0 bridgehead atoms. The highest BCUT2D eigenvalue weighted by atomic mass is 16.5. The highest BCUT2D eigenvalue weighted by Gasteiger charge is 2.20. The normalized spacial score (nSPS) is 18.5. The first-order valence-electron chi connectivity index (χ1n) is 11.0. The van der Waals surface area contributed by atoms with Gasteiger partial charge in [-0.3, -0.25) is 9.80 Å². The van der Waals surface area contributed by atoms with Gasteiger partial charge in [0, 0.05) is 44.8 Å². The molecule has 0 radical (unpaired) electrons. The molecule has 0 saturated carbocycles. The van der Waals surface area contributed by atoms with Gasteiger partial charge in [-0.05, 0) is 67.1 Å². The highest BCUT2D eigenvalue weighted by Crippen LogP contribution is 2.28. The number of hydrogen-bond acceptors (Lipinski definition) is 5. The molecule has 162 valence electrons. The first-order chi connectivity index (χ1) is 14.5. The topological polar surface area (TPSA) is 45.2 Å². The minimum absolute atomic E-state index is 0.125. The van der Waals surface area contributed by atoms with Crippen LogP contribution >= 0.6 is 0 Å². The molecule has 5 heteroatoms. The highest BCUT2D eigenvalue weighted by molar-refractivity contribution is 5.42. The molecule has 1 fully saturated rings. The Balaban J connectivity index is 1.46. The summed E-state index contributed by atoms with van der Waals surface area (Å²) in [6.45, 7) is 10.6. The lowest BCUT2D eigenvalue weighted by Gasteiger charge is -2.29. The number of nitrogens with zero attached hydrogens (tertiary/aromatic N) is 2. The maximum Gasteiger partial charge on any atom is 0.123 e. The molecule has 1 saturated heterocycles. The molecule has 2 aromatic rings. The van der Waals surface area contributed by atoms with E-state index in [1.54, 1.807) is 7.11 Å². The summed E-state index contributed by atoms with van der Waals surface area (Å²) >= 11 is 0. The van der Waals surface area contributed by atoms with E-state index in [2.05, 4.69) is 54.0 Å². The lowest BCUT2D eigenvalue weighted by atomic mass is 10.0. The molecule has 2 aliphatic rings. The lowest BCUT2D eigenvalue weighted by molar-refractivity contribution is 0.0792. The summed E-state index contributed by atoms with van der Waals surface area (Å²) in [5.74, 6) is 1.97. The lowest BCUT2D eigenvalue weighted by Crippen LogP contribution is -2.35. The van der Waals surface area contributed by atoms with Gasteiger partial charge in [0.15, 0.2) is 0 Å². The van der Waals surface area contributed by atoms with Gasteiger partial charge in [-0.15, -0.1) is 0 Å². The predicted octanol–water partition coefficient (Wildman–Crippen LogP) is 3.66. The van der Waals surface area contributed by atoms with Gasteiger partial charge in [-0.1, -0.05) is 12.1 Å². The van der Waals surface area contributed by atoms with Gasteiger partial charge >= 0.3 is 0 Å². The third kappa shape index (κ3) is 4.97. The maximum absolute atomic E-state index is 9.74. The zero-order valence-corrected chi connectivity index (χ0v) is 18.5. The van der Waals surface area contributed by atoms with Gasteiger partial charge in [-0.2, -0.15) is 0 Å². The number of aliphatic hydroxyl groups is 1. The van der Waals surface area contributed by atoms with Crippen molar-refractivity contribution in [1.29, 1.82) is 0 Å². The Morgan fingerprint density at radius 3 is 2.57 bits per heavy atom. The van der Waals surface area contributed by atoms with Crippen molar-refractivity contribution in [1.82, 2.24) is 9.80 Å². The van der Waals surface area contributed by atoms with Crippen molar-refractivity contribution in [3.8, 4) is 11.5 Å². The maximum atomic E-state index is 9.74. The summed E-state index contributed by atoms with van der Waals surface area (Å²) in [6, 6.07) is 11.0. The first-order valence-corrected chi connectivity index (χ1v) is 11.0. The molecule has 0 aliphatic carbocycles. The molecular formula is C25H34N2O3. The van der Waals surface area contributed by atoms with Crippen LogP contribution < -0.4 is 9.47 Å². The Morgan fingerprint density at radius 1 is 1.00 bits per heavy atom. The van der Waals surface area contributed by atoms with Crippen LogP contribution in [0.15, 0.2) is 30.3 Å². The van der Waals surface area contributed by atoms with Crippen molar-refractivity contribution in [2.45, 2.75) is 52.4 Å². The average Bonchev–Trinajstić information content (AvgIpc) is 2.93. The van der Waals surface area contributed by atoms with Crippen LogP contribution in [0.1, 0.15) is 40.7 Å². The first kappa shape index (κ1) is 21.2. The minimum Gasteiger partial charge on any atom is -0.496 e. The number of piperidine rings is 1. The number of fused-ring (bicyclic) bond motifs is 1. The molecule has 2 aromatic carbocycles. The second-order valence-electron chi connectivity index (χ2n) is 8.76. The van der Waals surface area contributed by atoms with Crippen molar-refractivity contribution >= 4 is 0 Å². The Kier molecular flexibility index (Phi) is 6.61. The molecule has 0 aromatic heterocycles. The smallest absolute Gasteiger partial charge is 0.123 e. The number of rotatable bonds is 5. The van der Waals surface area contributed by atoms with Crippen LogP contribution in [0.5, 0.6) is 11.5 Å². The molecule has 0 spiro atoms. The van der Waals surface area contributed by atoms with Gasteiger partial charge in [0.25, 0.3) is 0 Å². The fraction of sp³-hybridized carbons (Fsp3) is 0.520. The van der Waals surface area contributed by atoms with Gasteiger partial charge in [0.05, 0.1) is 13.2 Å².